The quantitative estimate of drug-likeness (QED) is 0.889. The lowest BCUT2D eigenvalue weighted by Gasteiger charge is -2.37. The summed E-state index contributed by atoms with van der Waals surface area (Å²) in [6.07, 6.45) is 2.18. The van der Waals surface area contributed by atoms with Crippen molar-refractivity contribution in [3.05, 3.63) is 30.3 Å². The van der Waals surface area contributed by atoms with Crippen molar-refractivity contribution in [1.29, 1.82) is 0 Å². The molecule has 1 aromatic rings. The number of aliphatic hydroxyl groups is 1. The molecule has 1 saturated heterocycles. The van der Waals surface area contributed by atoms with Crippen molar-refractivity contribution in [3.8, 4) is 0 Å². The van der Waals surface area contributed by atoms with Crippen LogP contribution in [0.1, 0.15) is 19.3 Å². The smallest absolute Gasteiger partial charge is 0.228 e. The first-order chi connectivity index (χ1) is 9.75. The molecule has 1 amide bonds. The number of carbonyl (C=O) groups is 1. The van der Waals surface area contributed by atoms with E-state index in [1.165, 1.54) is 5.69 Å². The number of carbonyl (C=O) groups excluding carboxylic acids is 1. The van der Waals surface area contributed by atoms with Crippen LogP contribution in [0.25, 0.3) is 0 Å². The number of hydrogen-bond donors (Lipinski definition) is 1. The van der Waals surface area contributed by atoms with Gasteiger partial charge in [-0.2, -0.15) is 0 Å². The molecule has 1 saturated carbocycles. The Morgan fingerprint density at radius 1 is 1.05 bits per heavy atom. The normalized spacial score (nSPS) is 26.9. The van der Waals surface area contributed by atoms with Crippen LogP contribution in [0, 0.1) is 5.92 Å². The molecule has 1 aliphatic carbocycles. The van der Waals surface area contributed by atoms with E-state index in [2.05, 4.69) is 17.0 Å². The maximum Gasteiger partial charge on any atom is 0.228 e. The molecule has 1 heterocycles. The van der Waals surface area contributed by atoms with Gasteiger partial charge in [-0.25, -0.2) is 0 Å². The van der Waals surface area contributed by atoms with Crippen LogP contribution in [0.2, 0.25) is 0 Å². The number of anilines is 1. The zero-order valence-corrected chi connectivity index (χ0v) is 11.7. The standard InChI is InChI=1S/C16H22N2O2/c19-15-8-4-7-14(15)16(20)18-11-9-17(10-12-18)13-5-2-1-3-6-13/h1-3,5-6,14-15,19H,4,7-12H2. The molecule has 0 bridgehead atoms. The van der Waals surface area contributed by atoms with Gasteiger partial charge in [0.2, 0.25) is 5.91 Å². The predicted octanol–water partition coefficient (Wildman–Crippen LogP) is 1.50. The van der Waals surface area contributed by atoms with Crippen LogP contribution in [0.15, 0.2) is 30.3 Å². The monoisotopic (exact) mass is 274 g/mol. The topological polar surface area (TPSA) is 43.8 Å². The fraction of sp³-hybridized carbons (Fsp3) is 0.562. The number of piperazine rings is 1. The number of hydrogen-bond acceptors (Lipinski definition) is 3. The summed E-state index contributed by atoms with van der Waals surface area (Å²) in [5.41, 5.74) is 1.22. The average Bonchev–Trinajstić information content (AvgIpc) is 2.94. The second-order valence-electron chi connectivity index (χ2n) is 5.75. The first kappa shape index (κ1) is 13.4. The number of para-hydroxylation sites is 1. The lowest BCUT2D eigenvalue weighted by molar-refractivity contribution is -0.138. The highest BCUT2D eigenvalue weighted by Crippen LogP contribution is 2.28. The summed E-state index contributed by atoms with van der Waals surface area (Å²) in [5, 5.41) is 9.86. The van der Waals surface area contributed by atoms with Crippen LogP contribution in [0.3, 0.4) is 0 Å². The number of rotatable bonds is 2. The van der Waals surface area contributed by atoms with Gasteiger partial charge in [-0.15, -0.1) is 0 Å². The highest BCUT2D eigenvalue weighted by atomic mass is 16.3. The second-order valence-corrected chi connectivity index (χ2v) is 5.75. The van der Waals surface area contributed by atoms with Gasteiger partial charge in [0.05, 0.1) is 12.0 Å². The molecule has 1 N–H and O–H groups in total. The SMILES string of the molecule is O=C(C1CCCC1O)N1CCN(c2ccccc2)CC1. The van der Waals surface area contributed by atoms with Crippen molar-refractivity contribution >= 4 is 11.6 Å². The minimum atomic E-state index is -0.422. The van der Waals surface area contributed by atoms with Gasteiger partial charge in [0.25, 0.3) is 0 Å². The van der Waals surface area contributed by atoms with Crippen molar-refractivity contribution in [2.75, 3.05) is 31.1 Å². The van der Waals surface area contributed by atoms with Gasteiger partial charge in [-0.1, -0.05) is 18.2 Å². The minimum Gasteiger partial charge on any atom is -0.392 e. The largest absolute Gasteiger partial charge is 0.392 e. The van der Waals surface area contributed by atoms with E-state index < -0.39 is 6.10 Å². The Morgan fingerprint density at radius 3 is 2.35 bits per heavy atom. The number of amides is 1. The van der Waals surface area contributed by atoms with Crippen molar-refractivity contribution in [2.45, 2.75) is 25.4 Å². The summed E-state index contributed by atoms with van der Waals surface area (Å²) in [4.78, 5) is 16.6. The third-order valence-electron chi connectivity index (χ3n) is 4.51. The van der Waals surface area contributed by atoms with Crippen LogP contribution in [-0.4, -0.2) is 48.2 Å². The van der Waals surface area contributed by atoms with Gasteiger partial charge in [0, 0.05) is 31.9 Å². The summed E-state index contributed by atoms with van der Waals surface area (Å²) in [6, 6.07) is 10.3. The molecule has 3 rings (SSSR count). The summed E-state index contributed by atoms with van der Waals surface area (Å²) >= 11 is 0. The molecule has 4 heteroatoms. The van der Waals surface area contributed by atoms with Crippen LogP contribution in [0.4, 0.5) is 5.69 Å². The lowest BCUT2D eigenvalue weighted by atomic mass is 10.0. The van der Waals surface area contributed by atoms with E-state index in [0.717, 1.165) is 45.4 Å². The molecule has 1 aliphatic heterocycles. The lowest BCUT2D eigenvalue weighted by Crippen LogP contribution is -2.51. The fourth-order valence-electron chi connectivity index (χ4n) is 3.29. The van der Waals surface area contributed by atoms with Crippen molar-refractivity contribution in [2.24, 2.45) is 5.92 Å². The fourth-order valence-corrected chi connectivity index (χ4v) is 3.29. The molecule has 0 radical (unpaired) electrons. The zero-order chi connectivity index (χ0) is 13.9. The second kappa shape index (κ2) is 5.83. The Balaban J connectivity index is 1.57. The molecule has 0 spiro atoms. The van der Waals surface area contributed by atoms with E-state index in [9.17, 15) is 9.90 Å². The van der Waals surface area contributed by atoms with Crippen LogP contribution < -0.4 is 4.90 Å². The molecule has 1 aromatic carbocycles. The highest BCUT2D eigenvalue weighted by Gasteiger charge is 2.35. The van der Waals surface area contributed by atoms with Gasteiger partial charge in [-0.05, 0) is 31.4 Å². The molecular weight excluding hydrogens is 252 g/mol. The molecule has 108 valence electrons. The van der Waals surface area contributed by atoms with Crippen LogP contribution >= 0.6 is 0 Å². The zero-order valence-electron chi connectivity index (χ0n) is 11.7. The first-order valence-corrected chi connectivity index (χ1v) is 7.52. The summed E-state index contributed by atoms with van der Waals surface area (Å²) in [7, 11) is 0. The Hall–Kier alpha value is -1.55. The molecule has 0 aromatic heterocycles. The molecule has 2 unspecified atom stereocenters. The van der Waals surface area contributed by atoms with Crippen molar-refractivity contribution in [3.63, 3.8) is 0 Å². The summed E-state index contributed by atoms with van der Waals surface area (Å²) in [5.74, 6) is 0.000914. The van der Waals surface area contributed by atoms with E-state index in [4.69, 9.17) is 0 Å². The Bertz CT molecular complexity index is 455. The molecule has 4 nitrogen and oxygen atoms in total. The third kappa shape index (κ3) is 2.66. The van der Waals surface area contributed by atoms with Crippen LogP contribution in [0.5, 0.6) is 0 Å². The maximum absolute atomic E-state index is 12.4. The van der Waals surface area contributed by atoms with E-state index in [1.54, 1.807) is 0 Å². The van der Waals surface area contributed by atoms with Gasteiger partial charge >= 0.3 is 0 Å². The van der Waals surface area contributed by atoms with Gasteiger partial charge in [0.1, 0.15) is 0 Å². The minimum absolute atomic E-state index is 0.154. The molecule has 2 fully saturated rings. The van der Waals surface area contributed by atoms with Gasteiger partial charge in [-0.3, -0.25) is 4.79 Å². The molecular formula is C16H22N2O2. The number of benzene rings is 1. The average molecular weight is 274 g/mol. The molecule has 2 aliphatic rings. The van der Waals surface area contributed by atoms with E-state index in [0.29, 0.717) is 0 Å². The molecule has 20 heavy (non-hydrogen) atoms. The Morgan fingerprint density at radius 2 is 1.75 bits per heavy atom. The van der Waals surface area contributed by atoms with Crippen LogP contribution in [-0.2, 0) is 4.79 Å². The van der Waals surface area contributed by atoms with Gasteiger partial charge in [0.15, 0.2) is 0 Å². The van der Waals surface area contributed by atoms with Crippen molar-refractivity contribution < 1.29 is 9.90 Å². The Labute approximate surface area is 120 Å². The van der Waals surface area contributed by atoms with E-state index in [-0.39, 0.29) is 11.8 Å². The van der Waals surface area contributed by atoms with Crippen molar-refractivity contribution in [1.82, 2.24) is 4.90 Å². The van der Waals surface area contributed by atoms with Gasteiger partial charge < -0.3 is 14.9 Å². The number of nitrogens with zero attached hydrogens (tertiary/aromatic N) is 2. The third-order valence-corrected chi connectivity index (χ3v) is 4.51. The number of aliphatic hydroxyl groups excluding tert-OH is 1. The summed E-state index contributed by atoms with van der Waals surface area (Å²) < 4.78 is 0. The highest BCUT2D eigenvalue weighted by molar-refractivity contribution is 5.80. The van der Waals surface area contributed by atoms with E-state index in [1.807, 2.05) is 23.1 Å². The predicted molar refractivity (Wildman–Crippen MR) is 78.6 cm³/mol. The summed E-state index contributed by atoms with van der Waals surface area (Å²) in [6.45, 7) is 3.27. The Kier molecular flexibility index (Phi) is 3.92. The molecule has 2 atom stereocenters. The first-order valence-electron chi connectivity index (χ1n) is 7.52. The van der Waals surface area contributed by atoms with E-state index >= 15 is 0 Å². The maximum atomic E-state index is 12.4.